The molecule has 17 heteroatoms. The Morgan fingerprint density at radius 1 is 1.37 bits per heavy atom. The molecular weight excluding hydrogens is 395 g/mol. The Labute approximate surface area is 147 Å². The van der Waals surface area contributed by atoms with Crippen molar-refractivity contribution in [2.75, 3.05) is 12.3 Å². The van der Waals surface area contributed by atoms with Gasteiger partial charge in [0.1, 0.15) is 18.3 Å². The summed E-state index contributed by atoms with van der Waals surface area (Å²) in [6, 6.07) is 0. The minimum absolute atomic E-state index is 0.407. The molecule has 1 fully saturated rings. The van der Waals surface area contributed by atoms with E-state index in [1.807, 2.05) is 0 Å². The normalized spacial score (nSPS) is 25.9. The first-order chi connectivity index (χ1) is 12.5. The predicted octanol–water partition coefficient (Wildman–Crippen LogP) is -3.93. The molecule has 0 spiro atoms. The average molecular weight is 406 g/mol. The highest BCUT2D eigenvalue weighted by molar-refractivity contribution is 7.43. The molecule has 1 saturated heterocycles. The molecule has 0 bridgehead atoms. The summed E-state index contributed by atoms with van der Waals surface area (Å²) in [6.45, 7) is -0.949. The van der Waals surface area contributed by atoms with Crippen molar-refractivity contribution in [3.63, 3.8) is 0 Å². The predicted molar refractivity (Wildman–Crippen MR) is 78.7 cm³/mol. The summed E-state index contributed by atoms with van der Waals surface area (Å²) in [5, 5.41) is 31.4. The van der Waals surface area contributed by atoms with Gasteiger partial charge in [-0.25, -0.2) is 0 Å². The number of fused-ring (bicyclic) bond motifs is 1. The van der Waals surface area contributed by atoms with Gasteiger partial charge in [-0.1, -0.05) is 4.98 Å². The molecule has 5 N–H and O–H groups in total. The highest BCUT2D eigenvalue weighted by atomic mass is 31.2. The molecule has 0 amide bonds. The number of aliphatic hydroxyl groups excluding tert-OH is 2. The molecule has 148 valence electrons. The van der Waals surface area contributed by atoms with Crippen molar-refractivity contribution in [3.05, 3.63) is 20.5 Å². The second kappa shape index (κ2) is 6.61. The van der Waals surface area contributed by atoms with Gasteiger partial charge in [0.25, 0.3) is 11.1 Å². The number of nitrogen functional groups attached to an aromatic ring is 1. The summed E-state index contributed by atoms with van der Waals surface area (Å²) in [6.07, 6.45) is -6.85. The smallest absolute Gasteiger partial charge is 0.439 e. The van der Waals surface area contributed by atoms with Gasteiger partial charge in [-0.3, -0.25) is 9.78 Å². The van der Waals surface area contributed by atoms with Gasteiger partial charge in [-0.05, 0) is 4.92 Å². The third-order valence-electron chi connectivity index (χ3n) is 3.70. The number of aromatic amines is 1. The SMILES string of the molecule is Nc1nc2c(nc([N+](=O)[O-])n2[C@@H]2O[C@H](COP(=O)([O-])[O-])[C@@H](O)[C@H]2O)c(=O)[nH]1. The molecule has 0 aliphatic carbocycles. The second-order valence-electron chi connectivity index (χ2n) is 5.45. The van der Waals surface area contributed by atoms with Crippen LogP contribution >= 0.6 is 7.82 Å². The maximum atomic E-state index is 11.9. The molecule has 2 aromatic heterocycles. The number of H-pyrrole nitrogens is 1. The van der Waals surface area contributed by atoms with E-state index < -0.39 is 72.5 Å². The maximum Gasteiger partial charge on any atom is 0.439 e. The fraction of sp³-hybridized carbons (Fsp3) is 0.500. The fourth-order valence-corrected chi connectivity index (χ4v) is 2.93. The van der Waals surface area contributed by atoms with Gasteiger partial charge in [0.15, 0.2) is 0 Å². The standard InChI is InChI=1S/C10H13N6O10P/c11-9-13-6-3(7(19)14-9)12-10(16(20)21)15(6)8-5(18)4(17)2(26-8)1-25-27(22,23)24/h2,4-5,8,17-18H,1H2,(H2,22,23,24)(H3,11,13,14,19)/p-2/t2-,4-,5-,8-/m1/s1. The summed E-state index contributed by atoms with van der Waals surface area (Å²) in [7, 11) is -5.40. The van der Waals surface area contributed by atoms with Gasteiger partial charge in [0, 0.05) is 0 Å². The summed E-state index contributed by atoms with van der Waals surface area (Å²) in [5.74, 6) is -1.36. The Morgan fingerprint density at radius 3 is 2.63 bits per heavy atom. The lowest BCUT2D eigenvalue weighted by molar-refractivity contribution is -0.398. The minimum atomic E-state index is -5.40. The third-order valence-corrected chi connectivity index (χ3v) is 4.17. The molecule has 0 saturated carbocycles. The van der Waals surface area contributed by atoms with Crippen LogP contribution < -0.4 is 21.1 Å². The van der Waals surface area contributed by atoms with Crippen LogP contribution in [0.25, 0.3) is 11.2 Å². The molecule has 27 heavy (non-hydrogen) atoms. The van der Waals surface area contributed by atoms with Crippen LogP contribution in [0, 0.1) is 10.1 Å². The van der Waals surface area contributed by atoms with Crippen LogP contribution in [-0.4, -0.2) is 59.6 Å². The number of hydrogen-bond acceptors (Lipinski definition) is 13. The number of nitrogens with one attached hydrogen (secondary N) is 1. The number of nitrogens with two attached hydrogens (primary N) is 1. The number of imidazole rings is 1. The zero-order valence-corrected chi connectivity index (χ0v) is 13.9. The van der Waals surface area contributed by atoms with E-state index >= 15 is 0 Å². The number of phosphoric ester groups is 1. The largest absolute Gasteiger partial charge is 0.790 e. The number of anilines is 1. The number of rotatable bonds is 5. The zero-order valence-electron chi connectivity index (χ0n) is 13.0. The van der Waals surface area contributed by atoms with E-state index in [1.165, 1.54) is 0 Å². The lowest BCUT2D eigenvalue weighted by atomic mass is 10.1. The van der Waals surface area contributed by atoms with Gasteiger partial charge in [0.05, 0.1) is 14.4 Å². The Morgan fingerprint density at radius 2 is 2.04 bits per heavy atom. The van der Waals surface area contributed by atoms with Gasteiger partial charge in [-0.2, -0.15) is 9.55 Å². The number of nitro groups is 1. The van der Waals surface area contributed by atoms with Crippen LogP contribution in [-0.2, 0) is 13.8 Å². The van der Waals surface area contributed by atoms with E-state index in [9.17, 15) is 39.5 Å². The molecule has 0 aromatic carbocycles. The number of hydrogen-bond donors (Lipinski definition) is 4. The van der Waals surface area contributed by atoms with Crippen molar-refractivity contribution < 1.29 is 38.7 Å². The van der Waals surface area contributed by atoms with E-state index in [4.69, 9.17) is 10.5 Å². The molecule has 3 rings (SSSR count). The van der Waals surface area contributed by atoms with Crippen LogP contribution in [0.5, 0.6) is 0 Å². The average Bonchev–Trinajstić information content (AvgIpc) is 3.04. The summed E-state index contributed by atoms with van der Waals surface area (Å²) in [5.41, 5.74) is 3.61. The van der Waals surface area contributed by atoms with Crippen molar-refractivity contribution in [1.82, 2.24) is 19.5 Å². The first-order valence-corrected chi connectivity index (χ1v) is 8.56. The van der Waals surface area contributed by atoms with Gasteiger partial charge in [-0.15, -0.1) is 0 Å². The summed E-state index contributed by atoms with van der Waals surface area (Å²) in [4.78, 5) is 52.6. The van der Waals surface area contributed by atoms with Crippen molar-refractivity contribution >= 4 is 30.9 Å². The van der Waals surface area contributed by atoms with Crippen molar-refractivity contribution in [2.24, 2.45) is 0 Å². The van der Waals surface area contributed by atoms with Crippen molar-refractivity contribution in [2.45, 2.75) is 24.5 Å². The van der Waals surface area contributed by atoms with Crippen LogP contribution in [0.1, 0.15) is 6.23 Å². The molecular formula is C10H11N6O10P-2. The van der Waals surface area contributed by atoms with E-state index in [1.54, 1.807) is 0 Å². The second-order valence-corrected chi connectivity index (χ2v) is 6.60. The Hall–Kier alpha value is -2.46. The quantitative estimate of drug-likeness (QED) is 0.210. The molecule has 1 aliphatic rings. The van der Waals surface area contributed by atoms with Crippen LogP contribution in [0.3, 0.4) is 0 Å². The lowest BCUT2D eigenvalue weighted by Crippen LogP contribution is -2.34. The molecule has 1 aliphatic heterocycles. The minimum Gasteiger partial charge on any atom is -0.790 e. The summed E-state index contributed by atoms with van der Waals surface area (Å²) < 4.78 is 20.4. The topological polar surface area (TPSA) is 255 Å². The zero-order chi connectivity index (χ0) is 20.1. The lowest BCUT2D eigenvalue weighted by Gasteiger charge is -2.30. The summed E-state index contributed by atoms with van der Waals surface area (Å²) >= 11 is 0. The molecule has 0 unspecified atom stereocenters. The highest BCUT2D eigenvalue weighted by Crippen LogP contribution is 2.36. The Kier molecular flexibility index (Phi) is 4.73. The van der Waals surface area contributed by atoms with Crippen LogP contribution in [0.2, 0.25) is 0 Å². The Bertz CT molecular complexity index is 998. The van der Waals surface area contributed by atoms with Gasteiger partial charge >= 0.3 is 5.95 Å². The third kappa shape index (κ3) is 3.54. The maximum absolute atomic E-state index is 11.9. The van der Waals surface area contributed by atoms with Crippen LogP contribution in [0.15, 0.2) is 4.79 Å². The molecule has 16 nitrogen and oxygen atoms in total. The van der Waals surface area contributed by atoms with Gasteiger partial charge in [0.2, 0.25) is 17.8 Å². The number of nitrogens with zero attached hydrogens (tertiary/aromatic N) is 4. The van der Waals surface area contributed by atoms with Crippen molar-refractivity contribution in [3.8, 4) is 0 Å². The first kappa shape index (κ1) is 19.3. The van der Waals surface area contributed by atoms with Crippen LogP contribution in [0.4, 0.5) is 11.9 Å². The molecule has 2 aromatic rings. The Balaban J connectivity index is 2.06. The highest BCUT2D eigenvalue weighted by Gasteiger charge is 2.49. The molecule has 4 atom stereocenters. The fourth-order valence-electron chi connectivity index (χ4n) is 2.60. The monoisotopic (exact) mass is 406 g/mol. The van der Waals surface area contributed by atoms with Gasteiger partial charge < -0.3 is 49.7 Å². The number of aliphatic hydroxyl groups is 2. The van der Waals surface area contributed by atoms with E-state index in [2.05, 4.69) is 19.5 Å². The molecule has 0 radical (unpaired) electrons. The molecule has 3 heterocycles. The first-order valence-electron chi connectivity index (χ1n) is 7.10. The van der Waals surface area contributed by atoms with Crippen molar-refractivity contribution in [1.29, 1.82) is 0 Å². The number of phosphoric acid groups is 1. The van der Waals surface area contributed by atoms with E-state index in [0.717, 1.165) is 0 Å². The van der Waals surface area contributed by atoms with E-state index in [0.29, 0.717) is 4.57 Å². The van der Waals surface area contributed by atoms with E-state index in [-0.39, 0.29) is 0 Å². The number of ether oxygens (including phenoxy) is 1. The number of aromatic nitrogens is 4.